The second-order valence-corrected chi connectivity index (χ2v) is 9.56. The number of oxazole rings is 1. The lowest BCUT2D eigenvalue weighted by Crippen LogP contribution is -2.51. The molecule has 8 heteroatoms. The Balaban J connectivity index is 1.41. The lowest BCUT2D eigenvalue weighted by molar-refractivity contribution is 0.0540. The van der Waals surface area contributed by atoms with Crippen molar-refractivity contribution in [3.63, 3.8) is 0 Å². The van der Waals surface area contributed by atoms with Gasteiger partial charge in [0, 0.05) is 42.5 Å². The van der Waals surface area contributed by atoms with E-state index in [1.165, 1.54) is 0 Å². The van der Waals surface area contributed by atoms with E-state index < -0.39 is 0 Å². The molecule has 1 saturated heterocycles. The average molecular weight is 478 g/mol. The highest BCUT2D eigenvalue weighted by molar-refractivity contribution is 6.31. The third kappa shape index (κ3) is 4.40. The summed E-state index contributed by atoms with van der Waals surface area (Å²) in [6, 6.07) is 13.8. The molecule has 1 fully saturated rings. The predicted molar refractivity (Wildman–Crippen MR) is 134 cm³/mol. The van der Waals surface area contributed by atoms with Crippen molar-refractivity contribution >= 4 is 34.6 Å². The number of carbonyl (C=O) groups is 1. The summed E-state index contributed by atoms with van der Waals surface area (Å²) < 4.78 is 7.59. The second kappa shape index (κ2) is 9.14. The smallest absolute Gasteiger partial charge is 0.295 e. The number of amides is 1. The molecule has 4 aromatic rings. The predicted octanol–water partition coefficient (Wildman–Crippen LogP) is 5.54. The van der Waals surface area contributed by atoms with Crippen molar-refractivity contribution in [1.82, 2.24) is 19.7 Å². The van der Waals surface area contributed by atoms with Gasteiger partial charge in [-0.25, -0.2) is 0 Å². The Kier molecular flexibility index (Phi) is 6.04. The Morgan fingerprint density at radius 3 is 2.88 bits per heavy atom. The Morgan fingerprint density at radius 2 is 2.09 bits per heavy atom. The summed E-state index contributed by atoms with van der Waals surface area (Å²) in [4.78, 5) is 20.4. The van der Waals surface area contributed by atoms with E-state index in [9.17, 15) is 4.79 Å². The number of nitrogens with one attached hydrogen (secondary N) is 1. The van der Waals surface area contributed by atoms with Crippen molar-refractivity contribution in [2.45, 2.75) is 32.7 Å². The summed E-state index contributed by atoms with van der Waals surface area (Å²) in [5.74, 6) is 0.374. The first-order chi connectivity index (χ1) is 16.4. The van der Waals surface area contributed by atoms with Crippen molar-refractivity contribution in [1.29, 1.82) is 0 Å². The molecule has 0 bridgehead atoms. The van der Waals surface area contributed by atoms with Crippen LogP contribution >= 0.6 is 11.6 Å². The van der Waals surface area contributed by atoms with Gasteiger partial charge in [0.25, 0.3) is 11.9 Å². The molecule has 0 saturated carbocycles. The number of rotatable bonds is 5. The van der Waals surface area contributed by atoms with Gasteiger partial charge in [-0.3, -0.25) is 9.48 Å². The molecule has 2 aromatic heterocycles. The van der Waals surface area contributed by atoms with Gasteiger partial charge in [0.05, 0.1) is 11.7 Å². The number of hydrogen-bond donors (Lipinski definition) is 1. The number of anilines is 1. The number of likely N-dealkylation sites (tertiary alicyclic amines) is 1. The van der Waals surface area contributed by atoms with Crippen LogP contribution < -0.4 is 5.32 Å². The quantitative estimate of drug-likeness (QED) is 0.408. The molecule has 1 N–H and O–H groups in total. The highest BCUT2D eigenvalue weighted by atomic mass is 35.5. The third-order valence-electron chi connectivity index (χ3n) is 6.58. The van der Waals surface area contributed by atoms with Crippen molar-refractivity contribution in [3.8, 4) is 11.3 Å². The first-order valence-electron chi connectivity index (χ1n) is 11.6. The van der Waals surface area contributed by atoms with E-state index in [-0.39, 0.29) is 11.9 Å². The van der Waals surface area contributed by atoms with Crippen molar-refractivity contribution in [2.24, 2.45) is 13.0 Å². The maximum Gasteiger partial charge on any atom is 0.295 e. The molecule has 0 unspecified atom stereocenters. The Bertz CT molecular complexity index is 1340. The van der Waals surface area contributed by atoms with E-state index in [0.717, 1.165) is 29.7 Å². The van der Waals surface area contributed by atoms with Gasteiger partial charge in [0.2, 0.25) is 0 Å². The van der Waals surface area contributed by atoms with Crippen LogP contribution in [0.2, 0.25) is 5.02 Å². The number of aromatic nitrogens is 3. The summed E-state index contributed by atoms with van der Waals surface area (Å²) in [7, 11) is 1.88. The Labute approximate surface area is 203 Å². The topological polar surface area (TPSA) is 76.2 Å². The fraction of sp³-hybridized carbons (Fsp3) is 0.346. The number of piperidine rings is 1. The van der Waals surface area contributed by atoms with Crippen LogP contribution in [0.5, 0.6) is 0 Å². The molecule has 176 valence electrons. The summed E-state index contributed by atoms with van der Waals surface area (Å²) in [5, 5.41) is 8.48. The molecule has 2 aromatic carbocycles. The molecule has 5 rings (SSSR count). The van der Waals surface area contributed by atoms with Crippen molar-refractivity contribution < 1.29 is 9.21 Å². The average Bonchev–Trinajstić information content (AvgIpc) is 3.43. The standard InChI is InChI=1S/C26H28ClN5O2/c1-16-6-8-19(21-10-12-31(3)30-21)20(13-16)25(33)32-11-4-5-17(2)23(32)15-28-26-29-22-14-18(27)7-9-24(22)34-26/h6-10,12-14,17,23H,4-5,11,15H2,1-3H3,(H,28,29)/t17-,23-/m1/s1. The minimum Gasteiger partial charge on any atom is -0.424 e. The van der Waals surface area contributed by atoms with Gasteiger partial charge >= 0.3 is 0 Å². The van der Waals surface area contributed by atoms with E-state index in [0.29, 0.717) is 46.7 Å². The highest BCUT2D eigenvalue weighted by Crippen LogP contribution is 2.30. The lowest BCUT2D eigenvalue weighted by atomic mass is 9.89. The molecule has 0 aliphatic carbocycles. The van der Waals surface area contributed by atoms with Crippen LogP contribution in [0.4, 0.5) is 6.01 Å². The van der Waals surface area contributed by atoms with E-state index >= 15 is 0 Å². The Hall–Kier alpha value is -3.32. The molecule has 7 nitrogen and oxygen atoms in total. The molecule has 1 amide bonds. The maximum absolute atomic E-state index is 13.9. The van der Waals surface area contributed by atoms with Crippen LogP contribution in [-0.2, 0) is 7.05 Å². The van der Waals surface area contributed by atoms with Crippen molar-refractivity contribution in [2.75, 3.05) is 18.4 Å². The fourth-order valence-electron chi connectivity index (χ4n) is 4.75. The van der Waals surface area contributed by atoms with E-state index in [1.54, 1.807) is 16.8 Å². The lowest BCUT2D eigenvalue weighted by Gasteiger charge is -2.40. The molecule has 34 heavy (non-hydrogen) atoms. The number of nitrogens with zero attached hydrogens (tertiary/aromatic N) is 4. The number of fused-ring (bicyclic) bond motifs is 1. The van der Waals surface area contributed by atoms with E-state index in [4.69, 9.17) is 16.0 Å². The molecule has 0 radical (unpaired) electrons. The summed E-state index contributed by atoms with van der Waals surface area (Å²) in [5.41, 5.74) is 4.78. The van der Waals surface area contributed by atoms with Gasteiger partial charge in [-0.15, -0.1) is 0 Å². The van der Waals surface area contributed by atoms with Crippen LogP contribution in [0.1, 0.15) is 35.7 Å². The van der Waals surface area contributed by atoms with E-state index in [1.807, 2.05) is 55.4 Å². The zero-order chi connectivity index (χ0) is 23.8. The number of halogens is 1. The molecule has 0 spiro atoms. The van der Waals surface area contributed by atoms with Crippen molar-refractivity contribution in [3.05, 3.63) is 64.8 Å². The highest BCUT2D eigenvalue weighted by Gasteiger charge is 2.33. The number of carbonyl (C=O) groups excluding carboxylic acids is 1. The minimum absolute atomic E-state index is 0.0111. The van der Waals surface area contributed by atoms with Gasteiger partial charge in [-0.1, -0.05) is 36.2 Å². The molecular formula is C26H28ClN5O2. The molecule has 1 aliphatic heterocycles. The normalized spacial score (nSPS) is 18.4. The van der Waals surface area contributed by atoms with Gasteiger partial charge in [-0.05, 0) is 56.0 Å². The monoisotopic (exact) mass is 477 g/mol. The molecule has 1 aliphatic rings. The number of benzene rings is 2. The zero-order valence-electron chi connectivity index (χ0n) is 19.6. The largest absolute Gasteiger partial charge is 0.424 e. The zero-order valence-corrected chi connectivity index (χ0v) is 20.3. The maximum atomic E-state index is 13.9. The van der Waals surface area contributed by atoms with Gasteiger partial charge in [-0.2, -0.15) is 10.1 Å². The molecule has 3 heterocycles. The van der Waals surface area contributed by atoms with Crippen LogP contribution in [0.3, 0.4) is 0 Å². The number of aryl methyl sites for hydroxylation is 2. The third-order valence-corrected chi connectivity index (χ3v) is 6.82. The SMILES string of the molecule is Cc1ccc(-c2ccn(C)n2)c(C(=O)N2CCC[C@@H](C)[C@H]2CNc2nc3cc(Cl)ccc3o2)c1. The van der Waals surface area contributed by atoms with Gasteiger partial charge in [0.15, 0.2) is 5.58 Å². The minimum atomic E-state index is 0.0111. The molecule has 2 atom stereocenters. The van der Waals surface area contributed by atoms with Crippen LogP contribution in [0, 0.1) is 12.8 Å². The van der Waals surface area contributed by atoms with Crippen LogP contribution in [0.15, 0.2) is 53.1 Å². The van der Waals surface area contributed by atoms with Crippen LogP contribution in [-0.4, -0.2) is 44.7 Å². The van der Waals surface area contributed by atoms with Gasteiger partial charge < -0.3 is 14.6 Å². The number of hydrogen-bond acceptors (Lipinski definition) is 5. The summed E-state index contributed by atoms with van der Waals surface area (Å²) in [6.45, 7) is 5.48. The summed E-state index contributed by atoms with van der Waals surface area (Å²) >= 11 is 6.08. The summed E-state index contributed by atoms with van der Waals surface area (Å²) in [6.07, 6.45) is 3.95. The fourth-order valence-corrected chi connectivity index (χ4v) is 4.92. The first-order valence-corrected chi connectivity index (χ1v) is 12.0. The molecular weight excluding hydrogens is 450 g/mol. The van der Waals surface area contributed by atoms with E-state index in [2.05, 4.69) is 22.3 Å². The van der Waals surface area contributed by atoms with Gasteiger partial charge in [0.1, 0.15) is 5.52 Å². The second-order valence-electron chi connectivity index (χ2n) is 9.12. The van der Waals surface area contributed by atoms with Crippen LogP contribution in [0.25, 0.3) is 22.4 Å². The Morgan fingerprint density at radius 1 is 1.24 bits per heavy atom. The first kappa shape index (κ1) is 22.5.